The average Bonchev–Trinajstić information content (AvgIpc) is 2.61. The number of ether oxygens (including phenoxy) is 1. The van der Waals surface area contributed by atoms with Crippen molar-refractivity contribution >= 4 is 15.9 Å². The first kappa shape index (κ1) is 15.6. The molecule has 1 aliphatic rings. The highest BCUT2D eigenvalue weighted by Gasteiger charge is 2.38. The average molecular weight is 323 g/mol. The van der Waals surface area contributed by atoms with Gasteiger partial charge in [0.2, 0.25) is 10.0 Å². The minimum absolute atomic E-state index is 0.0319. The zero-order valence-electron chi connectivity index (χ0n) is 10.9. The molecule has 0 N–H and O–H groups in total. The first-order chi connectivity index (χ1) is 9.70. The number of hydrogen-bond donors (Lipinski definition) is 0. The second-order valence-corrected chi connectivity index (χ2v) is 6.68. The van der Waals surface area contributed by atoms with E-state index >= 15 is 0 Å². The molecule has 1 aromatic rings. The topological polar surface area (TPSA) is 63.7 Å². The van der Waals surface area contributed by atoms with Crippen molar-refractivity contribution in [3.63, 3.8) is 0 Å². The Balaban J connectivity index is 2.28. The van der Waals surface area contributed by atoms with Crippen LogP contribution in [0.2, 0.25) is 0 Å². The molecule has 9 heteroatoms. The van der Waals surface area contributed by atoms with Crippen molar-refractivity contribution in [3.8, 4) is 5.75 Å². The highest BCUT2D eigenvalue weighted by Crippen LogP contribution is 2.25. The van der Waals surface area contributed by atoms with Gasteiger partial charge in [-0.1, -0.05) is 6.92 Å². The molecule has 116 valence electrons. The molecule has 0 saturated carbocycles. The van der Waals surface area contributed by atoms with Gasteiger partial charge in [-0.3, -0.25) is 4.79 Å². The van der Waals surface area contributed by atoms with Gasteiger partial charge in [-0.25, -0.2) is 17.1 Å². The SMILES string of the molecule is CC1CN(C(=O)c2ccc(OC(F)F)cc2F)S(=O)(=O)C1. The number of hydrogen-bond acceptors (Lipinski definition) is 4. The molecule has 0 spiro atoms. The molecule has 0 radical (unpaired) electrons. The molecule has 2 rings (SSSR count). The normalized spacial score (nSPS) is 20.8. The van der Waals surface area contributed by atoms with Crippen molar-refractivity contribution in [2.24, 2.45) is 5.92 Å². The highest BCUT2D eigenvalue weighted by atomic mass is 32.2. The van der Waals surface area contributed by atoms with Gasteiger partial charge in [-0.2, -0.15) is 8.78 Å². The lowest BCUT2D eigenvalue weighted by Gasteiger charge is -2.15. The van der Waals surface area contributed by atoms with Gasteiger partial charge in [0.15, 0.2) is 0 Å². The van der Waals surface area contributed by atoms with Crippen LogP contribution >= 0.6 is 0 Å². The molecule has 0 aliphatic carbocycles. The Kier molecular flexibility index (Phi) is 4.13. The third-order valence-corrected chi connectivity index (χ3v) is 4.91. The van der Waals surface area contributed by atoms with Gasteiger partial charge in [0.25, 0.3) is 5.91 Å². The van der Waals surface area contributed by atoms with Gasteiger partial charge in [0.1, 0.15) is 11.6 Å². The summed E-state index contributed by atoms with van der Waals surface area (Å²) in [6.45, 7) is -1.50. The Hall–Kier alpha value is -1.77. The van der Waals surface area contributed by atoms with Crippen molar-refractivity contribution in [1.29, 1.82) is 0 Å². The van der Waals surface area contributed by atoms with Crippen LogP contribution in [-0.4, -0.2) is 37.5 Å². The fraction of sp³-hybridized carbons (Fsp3) is 0.417. The van der Waals surface area contributed by atoms with Crippen LogP contribution in [0.15, 0.2) is 18.2 Å². The van der Waals surface area contributed by atoms with Crippen LogP contribution < -0.4 is 4.74 Å². The van der Waals surface area contributed by atoms with Crippen LogP contribution in [0.3, 0.4) is 0 Å². The summed E-state index contributed by atoms with van der Waals surface area (Å²) >= 11 is 0. The smallest absolute Gasteiger partial charge is 0.387 e. The van der Waals surface area contributed by atoms with Gasteiger partial charge >= 0.3 is 6.61 Å². The number of carbonyl (C=O) groups is 1. The summed E-state index contributed by atoms with van der Waals surface area (Å²) in [5.74, 6) is -3.01. The molecular weight excluding hydrogens is 311 g/mol. The zero-order chi connectivity index (χ0) is 15.8. The maximum Gasteiger partial charge on any atom is 0.387 e. The third kappa shape index (κ3) is 3.29. The Morgan fingerprint density at radius 1 is 1.43 bits per heavy atom. The van der Waals surface area contributed by atoms with Crippen LogP contribution in [-0.2, 0) is 10.0 Å². The Morgan fingerprint density at radius 3 is 2.57 bits per heavy atom. The third-order valence-electron chi connectivity index (χ3n) is 2.93. The van der Waals surface area contributed by atoms with Crippen molar-refractivity contribution < 1.29 is 31.1 Å². The molecule has 1 heterocycles. The van der Waals surface area contributed by atoms with E-state index in [1.807, 2.05) is 0 Å². The number of halogens is 3. The molecule has 0 aromatic heterocycles. The van der Waals surface area contributed by atoms with Gasteiger partial charge in [-0.15, -0.1) is 0 Å². The van der Waals surface area contributed by atoms with E-state index in [0.717, 1.165) is 12.1 Å². The quantitative estimate of drug-likeness (QED) is 0.851. The maximum absolute atomic E-state index is 13.8. The first-order valence-electron chi connectivity index (χ1n) is 6.00. The van der Waals surface area contributed by atoms with Gasteiger partial charge < -0.3 is 4.74 Å². The van der Waals surface area contributed by atoms with Crippen molar-refractivity contribution in [3.05, 3.63) is 29.6 Å². The fourth-order valence-corrected chi connectivity index (χ4v) is 3.92. The Bertz CT molecular complexity index is 662. The molecule has 5 nitrogen and oxygen atoms in total. The van der Waals surface area contributed by atoms with E-state index in [-0.39, 0.29) is 18.2 Å². The van der Waals surface area contributed by atoms with Crippen LogP contribution in [0.25, 0.3) is 0 Å². The molecular formula is C12H12F3NO4S. The second-order valence-electron chi connectivity index (χ2n) is 4.74. The number of rotatable bonds is 3. The number of nitrogens with zero attached hydrogens (tertiary/aromatic N) is 1. The van der Waals surface area contributed by atoms with Crippen molar-refractivity contribution in [1.82, 2.24) is 4.31 Å². The van der Waals surface area contributed by atoms with Crippen molar-refractivity contribution in [2.45, 2.75) is 13.5 Å². The molecule has 1 atom stereocenters. The van der Waals surface area contributed by atoms with E-state index in [2.05, 4.69) is 4.74 Å². The zero-order valence-corrected chi connectivity index (χ0v) is 11.7. The number of carbonyl (C=O) groups excluding carboxylic acids is 1. The summed E-state index contributed by atoms with van der Waals surface area (Å²) in [5, 5.41) is 0. The predicted octanol–water partition coefficient (Wildman–Crippen LogP) is 1.85. The lowest BCUT2D eigenvalue weighted by molar-refractivity contribution is -0.0500. The fourth-order valence-electron chi connectivity index (χ4n) is 2.09. The Morgan fingerprint density at radius 2 is 2.10 bits per heavy atom. The van der Waals surface area contributed by atoms with Gasteiger partial charge in [0.05, 0.1) is 11.3 Å². The predicted molar refractivity (Wildman–Crippen MR) is 67.0 cm³/mol. The van der Waals surface area contributed by atoms with Crippen LogP contribution in [0.4, 0.5) is 13.2 Å². The summed E-state index contributed by atoms with van der Waals surface area (Å²) in [4.78, 5) is 12.1. The van der Waals surface area contributed by atoms with E-state index in [4.69, 9.17) is 0 Å². The molecule has 1 amide bonds. The maximum atomic E-state index is 13.8. The molecule has 1 aromatic carbocycles. The van der Waals surface area contributed by atoms with Crippen LogP contribution in [0.1, 0.15) is 17.3 Å². The number of amides is 1. The summed E-state index contributed by atoms with van der Waals surface area (Å²) < 4.78 is 65.9. The van der Waals surface area contributed by atoms with Crippen LogP contribution in [0, 0.1) is 11.7 Å². The largest absolute Gasteiger partial charge is 0.435 e. The molecule has 1 aliphatic heterocycles. The van der Waals surface area contributed by atoms with Gasteiger partial charge in [-0.05, 0) is 18.1 Å². The molecule has 1 fully saturated rings. The standard InChI is InChI=1S/C12H12F3NO4S/c1-7-5-16(21(18,19)6-7)11(17)9-3-2-8(4-10(9)13)20-12(14)15/h2-4,7,12H,5-6H2,1H3. The van der Waals surface area contributed by atoms with Crippen molar-refractivity contribution in [2.75, 3.05) is 12.3 Å². The summed E-state index contributed by atoms with van der Waals surface area (Å²) in [6.07, 6.45) is 0. The summed E-state index contributed by atoms with van der Waals surface area (Å²) in [7, 11) is -3.76. The molecule has 1 saturated heterocycles. The molecule has 21 heavy (non-hydrogen) atoms. The van der Waals surface area contributed by atoms with Crippen LogP contribution in [0.5, 0.6) is 5.75 Å². The number of sulfonamides is 1. The van der Waals surface area contributed by atoms with E-state index in [9.17, 15) is 26.4 Å². The number of benzene rings is 1. The lowest BCUT2D eigenvalue weighted by Crippen LogP contribution is -2.33. The molecule has 1 unspecified atom stereocenters. The summed E-state index contributed by atoms with van der Waals surface area (Å²) in [6, 6.07) is 2.52. The van der Waals surface area contributed by atoms with Gasteiger partial charge in [0, 0.05) is 12.6 Å². The van der Waals surface area contributed by atoms with E-state index < -0.39 is 39.7 Å². The molecule has 0 bridgehead atoms. The van der Waals surface area contributed by atoms with E-state index in [0.29, 0.717) is 10.4 Å². The minimum Gasteiger partial charge on any atom is -0.435 e. The second kappa shape index (κ2) is 5.55. The highest BCUT2D eigenvalue weighted by molar-refractivity contribution is 7.89. The monoisotopic (exact) mass is 323 g/mol. The number of alkyl halides is 2. The summed E-state index contributed by atoms with van der Waals surface area (Å²) in [5.41, 5.74) is -0.505. The lowest BCUT2D eigenvalue weighted by atomic mass is 10.1. The van der Waals surface area contributed by atoms with E-state index in [1.54, 1.807) is 6.92 Å². The van der Waals surface area contributed by atoms with E-state index in [1.165, 1.54) is 0 Å². The Labute approximate surface area is 119 Å². The first-order valence-corrected chi connectivity index (χ1v) is 7.60. The minimum atomic E-state index is -3.76.